The number of aryl methyl sites for hydroxylation is 1. The maximum absolute atomic E-state index is 5.79. The molecule has 1 aliphatic rings. The van der Waals surface area contributed by atoms with Crippen LogP contribution in [-0.4, -0.2) is 42.8 Å². The Hall–Kier alpha value is -1.90. The van der Waals surface area contributed by atoms with Crippen LogP contribution in [-0.2, 0) is 7.05 Å². The van der Waals surface area contributed by atoms with Gasteiger partial charge in [-0.2, -0.15) is 20.1 Å². The highest BCUT2D eigenvalue weighted by Crippen LogP contribution is 2.24. The van der Waals surface area contributed by atoms with Gasteiger partial charge in [-0.1, -0.05) is 0 Å². The Morgan fingerprint density at radius 3 is 2.65 bits per heavy atom. The fourth-order valence-corrected chi connectivity index (χ4v) is 2.81. The van der Waals surface area contributed by atoms with Crippen molar-refractivity contribution >= 4 is 23.7 Å². The third-order valence-electron chi connectivity index (χ3n) is 3.11. The molecule has 1 fully saturated rings. The zero-order valence-electron chi connectivity index (χ0n) is 11.2. The molecule has 0 aliphatic carbocycles. The number of nitrogens with zero attached hydrogens (tertiary/aromatic N) is 7. The van der Waals surface area contributed by atoms with Crippen LogP contribution >= 0.6 is 11.8 Å². The van der Waals surface area contributed by atoms with Crippen LogP contribution in [0.5, 0.6) is 0 Å². The molecule has 1 saturated heterocycles. The first-order valence-electron chi connectivity index (χ1n) is 6.51. The standard InChI is InChI=1S/C11H16N8S/c1-18-11(13-7-14-18)20-10-16-8(12)15-9(17-10)19-5-3-2-4-6-19/h7H,2-6H2,1H3,(H2,12,15,16,17). The van der Waals surface area contributed by atoms with E-state index in [1.807, 2.05) is 7.05 Å². The van der Waals surface area contributed by atoms with Gasteiger partial charge in [0.1, 0.15) is 6.33 Å². The topological polar surface area (TPSA) is 98.6 Å². The van der Waals surface area contributed by atoms with E-state index in [0.29, 0.717) is 11.1 Å². The van der Waals surface area contributed by atoms with Crippen molar-refractivity contribution in [2.24, 2.45) is 7.05 Å². The second-order valence-electron chi connectivity index (χ2n) is 4.59. The van der Waals surface area contributed by atoms with Gasteiger partial charge in [0.25, 0.3) is 0 Å². The second kappa shape index (κ2) is 5.61. The fraction of sp³-hybridized carbons (Fsp3) is 0.545. The van der Waals surface area contributed by atoms with Crippen LogP contribution < -0.4 is 10.6 Å². The predicted molar refractivity (Wildman–Crippen MR) is 75.4 cm³/mol. The van der Waals surface area contributed by atoms with Crippen LogP contribution in [0.2, 0.25) is 0 Å². The summed E-state index contributed by atoms with van der Waals surface area (Å²) in [4.78, 5) is 19.2. The van der Waals surface area contributed by atoms with Crippen molar-refractivity contribution in [3.05, 3.63) is 6.33 Å². The van der Waals surface area contributed by atoms with Crippen molar-refractivity contribution in [1.29, 1.82) is 0 Å². The van der Waals surface area contributed by atoms with E-state index in [-0.39, 0.29) is 5.95 Å². The van der Waals surface area contributed by atoms with Crippen LogP contribution in [0.4, 0.5) is 11.9 Å². The summed E-state index contributed by atoms with van der Waals surface area (Å²) in [7, 11) is 1.82. The Balaban J connectivity index is 1.84. The summed E-state index contributed by atoms with van der Waals surface area (Å²) in [5.74, 6) is 0.895. The van der Waals surface area contributed by atoms with Crippen molar-refractivity contribution < 1.29 is 0 Å². The molecule has 2 aromatic rings. The largest absolute Gasteiger partial charge is 0.368 e. The summed E-state index contributed by atoms with van der Waals surface area (Å²) in [6.45, 7) is 1.94. The summed E-state index contributed by atoms with van der Waals surface area (Å²) >= 11 is 1.33. The predicted octanol–water partition coefficient (Wildman–Crippen LogP) is 0.724. The molecule has 9 heteroatoms. The third-order valence-corrected chi connectivity index (χ3v) is 4.03. The molecule has 0 unspecified atom stereocenters. The van der Waals surface area contributed by atoms with Crippen LogP contribution in [0, 0.1) is 0 Å². The number of hydrogen-bond acceptors (Lipinski definition) is 8. The highest BCUT2D eigenvalue weighted by molar-refractivity contribution is 7.99. The molecule has 20 heavy (non-hydrogen) atoms. The normalized spacial score (nSPS) is 15.6. The summed E-state index contributed by atoms with van der Waals surface area (Å²) in [6.07, 6.45) is 5.09. The molecule has 8 nitrogen and oxygen atoms in total. The Labute approximate surface area is 120 Å². The maximum Gasteiger partial charge on any atom is 0.231 e. The first-order valence-corrected chi connectivity index (χ1v) is 7.32. The molecular formula is C11H16N8S. The van der Waals surface area contributed by atoms with Gasteiger partial charge < -0.3 is 10.6 Å². The molecule has 0 amide bonds. The van der Waals surface area contributed by atoms with Gasteiger partial charge in [-0.15, -0.1) is 0 Å². The first-order chi connectivity index (χ1) is 9.72. The molecule has 2 N–H and O–H groups in total. The number of hydrogen-bond donors (Lipinski definition) is 1. The Morgan fingerprint density at radius 1 is 1.15 bits per heavy atom. The highest BCUT2D eigenvalue weighted by atomic mass is 32.2. The summed E-state index contributed by atoms with van der Waals surface area (Å²) in [6, 6.07) is 0. The van der Waals surface area contributed by atoms with Crippen LogP contribution in [0.25, 0.3) is 0 Å². The monoisotopic (exact) mass is 292 g/mol. The molecule has 0 bridgehead atoms. The smallest absolute Gasteiger partial charge is 0.231 e. The minimum atomic E-state index is 0.241. The number of aromatic nitrogens is 6. The lowest BCUT2D eigenvalue weighted by atomic mass is 10.1. The molecule has 1 aliphatic heterocycles. The minimum Gasteiger partial charge on any atom is -0.368 e. The summed E-state index contributed by atoms with van der Waals surface area (Å²) < 4.78 is 1.67. The molecule has 0 aromatic carbocycles. The van der Waals surface area contributed by atoms with Crippen molar-refractivity contribution in [3.63, 3.8) is 0 Å². The quantitative estimate of drug-likeness (QED) is 0.883. The zero-order chi connectivity index (χ0) is 13.9. The van der Waals surface area contributed by atoms with Gasteiger partial charge >= 0.3 is 0 Å². The average Bonchev–Trinajstić information content (AvgIpc) is 2.85. The summed E-state index contributed by atoms with van der Waals surface area (Å²) in [5.41, 5.74) is 5.79. The third kappa shape index (κ3) is 2.82. The van der Waals surface area contributed by atoms with E-state index >= 15 is 0 Å². The number of anilines is 2. The second-order valence-corrected chi connectivity index (χ2v) is 5.53. The van der Waals surface area contributed by atoms with Gasteiger partial charge in [0, 0.05) is 20.1 Å². The maximum atomic E-state index is 5.79. The van der Waals surface area contributed by atoms with E-state index in [2.05, 4.69) is 29.9 Å². The van der Waals surface area contributed by atoms with Crippen LogP contribution in [0.1, 0.15) is 19.3 Å². The number of piperidine rings is 1. The van der Waals surface area contributed by atoms with E-state index in [0.717, 1.165) is 31.1 Å². The van der Waals surface area contributed by atoms with Gasteiger partial charge in [0.2, 0.25) is 17.1 Å². The first kappa shape index (κ1) is 13.1. The SMILES string of the molecule is Cn1ncnc1Sc1nc(N)nc(N2CCCCC2)n1. The van der Waals surface area contributed by atoms with Gasteiger partial charge in [0.05, 0.1) is 0 Å². The lowest BCUT2D eigenvalue weighted by Crippen LogP contribution is -2.31. The molecule has 2 aromatic heterocycles. The lowest BCUT2D eigenvalue weighted by Gasteiger charge is -2.26. The van der Waals surface area contributed by atoms with Crippen LogP contribution in [0.15, 0.2) is 16.6 Å². The fourth-order valence-electron chi connectivity index (χ4n) is 2.10. The van der Waals surface area contributed by atoms with E-state index in [1.165, 1.54) is 24.5 Å². The van der Waals surface area contributed by atoms with E-state index in [4.69, 9.17) is 5.73 Å². The lowest BCUT2D eigenvalue weighted by molar-refractivity contribution is 0.565. The molecule has 0 saturated carbocycles. The van der Waals surface area contributed by atoms with Gasteiger partial charge in [-0.3, -0.25) is 0 Å². The van der Waals surface area contributed by atoms with E-state index < -0.39 is 0 Å². The molecule has 3 heterocycles. The Bertz CT molecular complexity index is 592. The molecule has 0 radical (unpaired) electrons. The van der Waals surface area contributed by atoms with Crippen molar-refractivity contribution in [2.45, 2.75) is 29.6 Å². The molecule has 106 valence electrons. The van der Waals surface area contributed by atoms with E-state index in [9.17, 15) is 0 Å². The molecule has 3 rings (SSSR count). The Morgan fingerprint density at radius 2 is 1.95 bits per heavy atom. The van der Waals surface area contributed by atoms with Crippen molar-refractivity contribution in [2.75, 3.05) is 23.7 Å². The van der Waals surface area contributed by atoms with Crippen molar-refractivity contribution in [1.82, 2.24) is 29.7 Å². The number of nitrogen functional groups attached to an aromatic ring is 1. The zero-order valence-corrected chi connectivity index (χ0v) is 12.0. The summed E-state index contributed by atoms with van der Waals surface area (Å²) in [5, 5.41) is 5.29. The van der Waals surface area contributed by atoms with Crippen molar-refractivity contribution in [3.8, 4) is 0 Å². The van der Waals surface area contributed by atoms with Gasteiger partial charge in [0.15, 0.2) is 5.16 Å². The minimum absolute atomic E-state index is 0.241. The molecule has 0 atom stereocenters. The van der Waals surface area contributed by atoms with E-state index in [1.54, 1.807) is 4.68 Å². The Kier molecular flexibility index (Phi) is 3.68. The van der Waals surface area contributed by atoms with Gasteiger partial charge in [-0.25, -0.2) is 9.67 Å². The molecule has 0 spiro atoms. The number of nitrogens with two attached hydrogens (primary N) is 1. The average molecular weight is 292 g/mol. The number of rotatable bonds is 3. The molecular weight excluding hydrogens is 276 g/mol. The van der Waals surface area contributed by atoms with Gasteiger partial charge in [-0.05, 0) is 31.0 Å². The van der Waals surface area contributed by atoms with Crippen LogP contribution in [0.3, 0.4) is 0 Å². The highest BCUT2D eigenvalue weighted by Gasteiger charge is 2.16.